The van der Waals surface area contributed by atoms with E-state index in [1.165, 1.54) is 0 Å². The topological polar surface area (TPSA) is 94.0 Å². The van der Waals surface area contributed by atoms with E-state index in [1.54, 1.807) is 6.07 Å². The molecule has 2 N–H and O–H groups in total. The summed E-state index contributed by atoms with van der Waals surface area (Å²) in [6.07, 6.45) is 3.79. The molecule has 0 unspecified atom stereocenters. The fourth-order valence-corrected chi connectivity index (χ4v) is 2.42. The molecular weight excluding hydrogens is 220 g/mol. The highest BCUT2D eigenvalue weighted by Crippen LogP contribution is 2.34. The van der Waals surface area contributed by atoms with Crippen molar-refractivity contribution in [3.8, 4) is 6.07 Å². The molecule has 5 heteroatoms. The molecule has 88 valence electrons. The highest BCUT2D eigenvalue weighted by Gasteiger charge is 2.26. The molecular formula is C12H12N2O3. The fraction of sp³-hybridized carbons (Fsp3) is 0.417. The van der Waals surface area contributed by atoms with Crippen LogP contribution in [-0.2, 0) is 0 Å². The molecule has 1 aromatic heterocycles. The molecule has 0 spiro atoms. The predicted octanol–water partition coefficient (Wildman–Crippen LogP) is 1.60. The van der Waals surface area contributed by atoms with E-state index >= 15 is 0 Å². The predicted molar refractivity (Wildman–Crippen MR) is 59.9 cm³/mol. The molecule has 1 aliphatic carbocycles. The van der Waals surface area contributed by atoms with Gasteiger partial charge in [-0.1, -0.05) is 12.8 Å². The van der Waals surface area contributed by atoms with E-state index in [4.69, 9.17) is 10.4 Å². The molecule has 2 rings (SSSR count). The van der Waals surface area contributed by atoms with Crippen LogP contribution in [-0.4, -0.2) is 16.1 Å². The normalized spacial score (nSPS) is 15.7. The van der Waals surface area contributed by atoms with Gasteiger partial charge >= 0.3 is 5.97 Å². The molecule has 0 bridgehead atoms. The van der Waals surface area contributed by atoms with E-state index in [9.17, 15) is 9.59 Å². The van der Waals surface area contributed by atoms with Gasteiger partial charge in [-0.3, -0.25) is 4.79 Å². The Balaban J connectivity index is 2.63. The number of H-pyrrole nitrogens is 1. The first-order valence-electron chi connectivity index (χ1n) is 5.54. The quantitative estimate of drug-likeness (QED) is 0.809. The summed E-state index contributed by atoms with van der Waals surface area (Å²) in [5, 5.41) is 18.0. The van der Waals surface area contributed by atoms with Gasteiger partial charge in [0.05, 0.1) is 11.1 Å². The second-order valence-corrected chi connectivity index (χ2v) is 4.23. The Morgan fingerprint density at radius 3 is 2.65 bits per heavy atom. The number of aromatic carboxylic acids is 1. The van der Waals surface area contributed by atoms with Crippen LogP contribution in [0, 0.1) is 11.3 Å². The number of aromatic amines is 1. The summed E-state index contributed by atoms with van der Waals surface area (Å²) in [5.41, 5.74) is -0.0883. The summed E-state index contributed by atoms with van der Waals surface area (Å²) in [4.78, 5) is 25.2. The van der Waals surface area contributed by atoms with Crippen molar-refractivity contribution in [1.29, 1.82) is 5.26 Å². The zero-order valence-electron chi connectivity index (χ0n) is 9.19. The van der Waals surface area contributed by atoms with Crippen LogP contribution in [0.15, 0.2) is 10.9 Å². The van der Waals surface area contributed by atoms with Gasteiger partial charge in [0.1, 0.15) is 6.07 Å². The maximum atomic E-state index is 11.4. The average Bonchev–Trinajstić information content (AvgIpc) is 2.80. The third kappa shape index (κ3) is 2.07. The van der Waals surface area contributed by atoms with E-state index < -0.39 is 11.5 Å². The average molecular weight is 232 g/mol. The number of hydrogen-bond acceptors (Lipinski definition) is 3. The molecule has 0 saturated heterocycles. The van der Waals surface area contributed by atoms with Crippen LogP contribution in [0.3, 0.4) is 0 Å². The number of pyridine rings is 1. The standard InChI is InChI=1S/C12H12N2O3/c13-6-8-5-9(15)14-11(10(8)12(16)17)7-3-1-2-4-7/h5,7H,1-4H2,(H,14,15)(H,16,17). The maximum Gasteiger partial charge on any atom is 0.338 e. The van der Waals surface area contributed by atoms with Gasteiger partial charge in [0.2, 0.25) is 5.56 Å². The van der Waals surface area contributed by atoms with Gasteiger partial charge in [-0.25, -0.2) is 4.79 Å². The lowest BCUT2D eigenvalue weighted by Gasteiger charge is -2.13. The van der Waals surface area contributed by atoms with E-state index in [-0.39, 0.29) is 17.0 Å². The van der Waals surface area contributed by atoms with Crippen molar-refractivity contribution < 1.29 is 9.90 Å². The molecule has 1 aliphatic rings. The maximum absolute atomic E-state index is 11.4. The van der Waals surface area contributed by atoms with Crippen LogP contribution < -0.4 is 5.56 Å². The Hall–Kier alpha value is -2.09. The van der Waals surface area contributed by atoms with Crippen LogP contribution >= 0.6 is 0 Å². The van der Waals surface area contributed by atoms with Crippen molar-refractivity contribution in [2.75, 3.05) is 0 Å². The minimum absolute atomic E-state index is 0.0426. The first kappa shape index (κ1) is 11.4. The second kappa shape index (κ2) is 4.42. The number of carboxylic acid groups (broad SMARTS) is 1. The molecule has 0 atom stereocenters. The molecule has 5 nitrogen and oxygen atoms in total. The number of carbonyl (C=O) groups is 1. The largest absolute Gasteiger partial charge is 0.478 e. The van der Waals surface area contributed by atoms with Crippen LogP contribution in [0.25, 0.3) is 0 Å². The summed E-state index contributed by atoms with van der Waals surface area (Å²) in [5.74, 6) is -1.10. The lowest BCUT2D eigenvalue weighted by atomic mass is 9.96. The lowest BCUT2D eigenvalue weighted by Crippen LogP contribution is -2.18. The fourth-order valence-electron chi connectivity index (χ4n) is 2.42. The Kier molecular flexibility index (Phi) is 2.96. The number of nitriles is 1. The van der Waals surface area contributed by atoms with Gasteiger partial charge in [0.15, 0.2) is 0 Å². The van der Waals surface area contributed by atoms with E-state index in [0.717, 1.165) is 31.7 Å². The van der Waals surface area contributed by atoms with Gasteiger partial charge in [0, 0.05) is 17.7 Å². The molecule has 17 heavy (non-hydrogen) atoms. The zero-order chi connectivity index (χ0) is 12.4. The van der Waals surface area contributed by atoms with Crippen molar-refractivity contribution in [3.63, 3.8) is 0 Å². The van der Waals surface area contributed by atoms with Crippen molar-refractivity contribution in [2.45, 2.75) is 31.6 Å². The molecule has 1 fully saturated rings. The third-order valence-corrected chi connectivity index (χ3v) is 3.17. The summed E-state index contributed by atoms with van der Waals surface area (Å²) < 4.78 is 0. The Morgan fingerprint density at radius 2 is 2.12 bits per heavy atom. The van der Waals surface area contributed by atoms with E-state index in [1.807, 2.05) is 0 Å². The van der Waals surface area contributed by atoms with Crippen LogP contribution in [0.5, 0.6) is 0 Å². The SMILES string of the molecule is N#Cc1cc(=O)[nH]c(C2CCCC2)c1C(=O)O. The summed E-state index contributed by atoms with van der Waals surface area (Å²) in [7, 11) is 0. The highest BCUT2D eigenvalue weighted by molar-refractivity contribution is 5.92. The molecule has 1 heterocycles. The van der Waals surface area contributed by atoms with Crippen molar-refractivity contribution in [3.05, 3.63) is 33.2 Å². The van der Waals surface area contributed by atoms with Gasteiger partial charge in [0.25, 0.3) is 0 Å². The number of rotatable bonds is 2. The summed E-state index contributed by atoms with van der Waals surface area (Å²) >= 11 is 0. The number of nitrogens with zero attached hydrogens (tertiary/aromatic N) is 1. The molecule has 0 amide bonds. The number of carboxylic acids is 1. The molecule has 0 radical (unpaired) electrons. The van der Waals surface area contributed by atoms with E-state index in [0.29, 0.717) is 5.69 Å². The monoisotopic (exact) mass is 232 g/mol. The van der Waals surface area contributed by atoms with Crippen molar-refractivity contribution >= 4 is 5.97 Å². The van der Waals surface area contributed by atoms with Gasteiger partial charge in [-0.2, -0.15) is 5.26 Å². The lowest BCUT2D eigenvalue weighted by molar-refractivity contribution is 0.0694. The van der Waals surface area contributed by atoms with Crippen LogP contribution in [0.1, 0.15) is 53.2 Å². The second-order valence-electron chi connectivity index (χ2n) is 4.23. The van der Waals surface area contributed by atoms with Gasteiger partial charge < -0.3 is 10.1 Å². The van der Waals surface area contributed by atoms with Gasteiger partial charge in [-0.15, -0.1) is 0 Å². The zero-order valence-corrected chi connectivity index (χ0v) is 9.19. The highest BCUT2D eigenvalue weighted by atomic mass is 16.4. The smallest absolute Gasteiger partial charge is 0.338 e. The van der Waals surface area contributed by atoms with Crippen LogP contribution in [0.2, 0.25) is 0 Å². The first-order chi connectivity index (χ1) is 8.13. The van der Waals surface area contributed by atoms with Crippen molar-refractivity contribution in [1.82, 2.24) is 4.98 Å². The number of nitrogens with one attached hydrogen (secondary N) is 1. The Bertz CT molecular complexity index is 548. The Morgan fingerprint density at radius 1 is 1.47 bits per heavy atom. The minimum atomic E-state index is -1.15. The van der Waals surface area contributed by atoms with Crippen LogP contribution in [0.4, 0.5) is 0 Å². The summed E-state index contributed by atoms with van der Waals surface area (Å²) in [6, 6.07) is 2.82. The molecule has 1 saturated carbocycles. The summed E-state index contributed by atoms with van der Waals surface area (Å²) in [6.45, 7) is 0. The Labute approximate surface area is 97.7 Å². The first-order valence-corrected chi connectivity index (χ1v) is 5.54. The molecule has 0 aliphatic heterocycles. The van der Waals surface area contributed by atoms with Gasteiger partial charge in [-0.05, 0) is 12.8 Å². The van der Waals surface area contributed by atoms with E-state index in [2.05, 4.69) is 4.98 Å². The number of aromatic nitrogens is 1. The third-order valence-electron chi connectivity index (χ3n) is 3.17. The van der Waals surface area contributed by atoms with Crippen molar-refractivity contribution in [2.24, 2.45) is 0 Å². The minimum Gasteiger partial charge on any atom is -0.478 e. The molecule has 1 aromatic rings. The number of hydrogen-bond donors (Lipinski definition) is 2. The molecule has 0 aromatic carbocycles.